The summed E-state index contributed by atoms with van der Waals surface area (Å²) >= 11 is 0. The fraction of sp³-hybridized carbons (Fsp3) is 0.381. The van der Waals surface area contributed by atoms with E-state index in [1.165, 1.54) is 0 Å². The smallest absolute Gasteiger partial charge is 0.348 e. The molecule has 25 heavy (non-hydrogen) atoms. The molecule has 2 atom stereocenters. The minimum Gasteiger partial charge on any atom is -0.458 e. The molecule has 132 valence electrons. The van der Waals surface area contributed by atoms with Crippen molar-refractivity contribution in [3.8, 4) is 0 Å². The molecule has 0 saturated heterocycles. The van der Waals surface area contributed by atoms with Crippen LogP contribution in [0.1, 0.15) is 30.4 Å². The van der Waals surface area contributed by atoms with Gasteiger partial charge in [0.15, 0.2) is 0 Å². The second-order valence-corrected chi connectivity index (χ2v) is 6.85. The molecule has 3 rings (SSSR count). The first-order valence-corrected chi connectivity index (χ1v) is 8.74. The number of nitrogens with zero attached hydrogens (tertiary/aromatic N) is 1. The molecule has 0 bridgehead atoms. The topological polar surface area (TPSA) is 49.8 Å². The summed E-state index contributed by atoms with van der Waals surface area (Å²) < 4.78 is 5.83. The van der Waals surface area contributed by atoms with Crippen LogP contribution in [0.3, 0.4) is 0 Å². The van der Waals surface area contributed by atoms with Crippen LogP contribution < -0.4 is 0 Å². The Kier molecular flexibility index (Phi) is 5.21. The third-order valence-corrected chi connectivity index (χ3v) is 5.02. The lowest BCUT2D eigenvalue weighted by Crippen LogP contribution is -2.44. The third kappa shape index (κ3) is 3.46. The number of carbonyl (C=O) groups excluding carboxylic acids is 1. The van der Waals surface area contributed by atoms with Crippen molar-refractivity contribution in [2.45, 2.75) is 37.0 Å². The lowest BCUT2D eigenvalue weighted by Gasteiger charge is -2.31. The fourth-order valence-electron chi connectivity index (χ4n) is 3.62. The van der Waals surface area contributed by atoms with Crippen LogP contribution >= 0.6 is 0 Å². The molecule has 0 aliphatic heterocycles. The monoisotopic (exact) mass is 339 g/mol. The van der Waals surface area contributed by atoms with Crippen LogP contribution in [0.5, 0.6) is 0 Å². The summed E-state index contributed by atoms with van der Waals surface area (Å²) in [5, 5.41) is 11.4. The van der Waals surface area contributed by atoms with Crippen LogP contribution in [0.2, 0.25) is 0 Å². The van der Waals surface area contributed by atoms with Gasteiger partial charge in [-0.05, 0) is 44.5 Å². The van der Waals surface area contributed by atoms with Crippen LogP contribution in [0.25, 0.3) is 0 Å². The molecule has 2 aromatic rings. The molecule has 0 unspecified atom stereocenters. The molecular formula is C21H25NO3. The first-order valence-electron chi connectivity index (χ1n) is 8.74. The normalized spacial score (nSPS) is 20.6. The second-order valence-electron chi connectivity index (χ2n) is 6.85. The minimum atomic E-state index is -1.80. The quantitative estimate of drug-likeness (QED) is 0.851. The summed E-state index contributed by atoms with van der Waals surface area (Å²) in [5.41, 5.74) is -0.765. The van der Waals surface area contributed by atoms with Crippen LogP contribution in [-0.2, 0) is 15.1 Å². The van der Waals surface area contributed by atoms with E-state index >= 15 is 0 Å². The molecule has 0 spiro atoms. The molecule has 0 heterocycles. The molecule has 0 aromatic heterocycles. The molecule has 4 nitrogen and oxygen atoms in total. The highest BCUT2D eigenvalue weighted by Gasteiger charge is 2.44. The van der Waals surface area contributed by atoms with Gasteiger partial charge in [-0.25, -0.2) is 4.79 Å². The Balaban J connectivity index is 1.94. The average Bonchev–Trinajstić information content (AvgIpc) is 3.11. The number of aliphatic hydroxyl groups is 1. The summed E-state index contributed by atoms with van der Waals surface area (Å²) in [6.07, 6.45) is 2.66. The second kappa shape index (κ2) is 7.38. The van der Waals surface area contributed by atoms with E-state index in [4.69, 9.17) is 4.74 Å². The summed E-state index contributed by atoms with van der Waals surface area (Å²) in [5.74, 6) is -0.608. The molecular weight excluding hydrogens is 314 g/mol. The molecule has 1 aliphatic rings. The van der Waals surface area contributed by atoms with Crippen molar-refractivity contribution in [3.63, 3.8) is 0 Å². The Bertz CT molecular complexity index is 660. The standard InChI is InChI=1S/C21H25NO3/c1-22(2)18-14-9-15-19(18)25-20(23)21(24,16-10-5-3-6-11-16)17-12-7-4-8-13-17/h3-8,10-13,18-19,24H,9,14-15H2,1-2H3/t18-,19+/m0/s1. The van der Waals surface area contributed by atoms with Gasteiger partial charge in [-0.1, -0.05) is 60.7 Å². The van der Waals surface area contributed by atoms with Crippen molar-refractivity contribution >= 4 is 5.97 Å². The zero-order valence-electron chi connectivity index (χ0n) is 14.8. The Labute approximate surface area is 149 Å². The van der Waals surface area contributed by atoms with Crippen molar-refractivity contribution in [1.29, 1.82) is 0 Å². The summed E-state index contributed by atoms with van der Waals surface area (Å²) in [4.78, 5) is 15.2. The lowest BCUT2D eigenvalue weighted by molar-refractivity contribution is -0.169. The van der Waals surface area contributed by atoms with E-state index in [2.05, 4.69) is 4.90 Å². The number of esters is 1. The predicted molar refractivity (Wildman–Crippen MR) is 97.1 cm³/mol. The average molecular weight is 339 g/mol. The maximum Gasteiger partial charge on any atom is 0.348 e. The SMILES string of the molecule is CN(C)[C@H]1CCC[C@H]1OC(=O)C(O)(c1ccccc1)c1ccccc1. The van der Waals surface area contributed by atoms with E-state index in [9.17, 15) is 9.90 Å². The maximum atomic E-state index is 13.1. The molecule has 0 amide bonds. The molecule has 1 N–H and O–H groups in total. The number of ether oxygens (including phenoxy) is 1. The highest BCUT2D eigenvalue weighted by atomic mass is 16.6. The fourth-order valence-corrected chi connectivity index (χ4v) is 3.62. The van der Waals surface area contributed by atoms with Gasteiger partial charge in [0.25, 0.3) is 0 Å². The van der Waals surface area contributed by atoms with Gasteiger partial charge in [0.05, 0.1) is 0 Å². The Morgan fingerprint density at radius 3 is 2.00 bits per heavy atom. The van der Waals surface area contributed by atoms with Crippen molar-refractivity contribution in [2.75, 3.05) is 14.1 Å². The van der Waals surface area contributed by atoms with Gasteiger partial charge >= 0.3 is 5.97 Å². The Hall–Kier alpha value is -2.17. The highest BCUT2D eigenvalue weighted by Crippen LogP contribution is 2.34. The molecule has 4 heteroatoms. The summed E-state index contributed by atoms with van der Waals surface area (Å²) in [7, 11) is 3.99. The number of hydrogen-bond acceptors (Lipinski definition) is 4. The summed E-state index contributed by atoms with van der Waals surface area (Å²) in [6, 6.07) is 18.2. The first-order chi connectivity index (χ1) is 12.0. The van der Waals surface area contributed by atoms with E-state index in [0.29, 0.717) is 11.1 Å². The van der Waals surface area contributed by atoms with Crippen molar-refractivity contribution < 1.29 is 14.6 Å². The van der Waals surface area contributed by atoms with E-state index in [-0.39, 0.29) is 12.1 Å². The summed E-state index contributed by atoms with van der Waals surface area (Å²) in [6.45, 7) is 0. The van der Waals surface area contributed by atoms with Crippen molar-refractivity contribution in [1.82, 2.24) is 4.90 Å². The molecule has 1 aliphatic carbocycles. The largest absolute Gasteiger partial charge is 0.458 e. The van der Waals surface area contributed by atoms with Gasteiger partial charge in [0.1, 0.15) is 6.10 Å². The Morgan fingerprint density at radius 2 is 1.52 bits per heavy atom. The number of likely N-dealkylation sites (N-methyl/N-ethyl adjacent to an activating group) is 1. The number of benzene rings is 2. The maximum absolute atomic E-state index is 13.1. The van der Waals surface area contributed by atoms with Gasteiger partial charge in [0, 0.05) is 6.04 Å². The molecule has 1 fully saturated rings. The number of rotatable bonds is 5. The van der Waals surface area contributed by atoms with Gasteiger partial charge in [-0.15, -0.1) is 0 Å². The van der Waals surface area contributed by atoms with Gasteiger partial charge < -0.3 is 14.7 Å². The molecule has 2 aromatic carbocycles. The van der Waals surface area contributed by atoms with Crippen LogP contribution in [0.4, 0.5) is 0 Å². The van der Waals surface area contributed by atoms with Crippen LogP contribution in [0.15, 0.2) is 60.7 Å². The van der Waals surface area contributed by atoms with Crippen LogP contribution in [0, 0.1) is 0 Å². The highest BCUT2D eigenvalue weighted by molar-refractivity contribution is 5.85. The molecule has 1 saturated carbocycles. The lowest BCUT2D eigenvalue weighted by atomic mass is 9.86. The van der Waals surface area contributed by atoms with Gasteiger partial charge in [-0.2, -0.15) is 0 Å². The van der Waals surface area contributed by atoms with Crippen molar-refractivity contribution in [2.24, 2.45) is 0 Å². The van der Waals surface area contributed by atoms with Gasteiger partial charge in [-0.3, -0.25) is 0 Å². The third-order valence-electron chi connectivity index (χ3n) is 5.02. The zero-order chi connectivity index (χ0) is 17.9. The Morgan fingerprint density at radius 1 is 1.00 bits per heavy atom. The van der Waals surface area contributed by atoms with E-state index < -0.39 is 11.6 Å². The van der Waals surface area contributed by atoms with E-state index in [1.54, 1.807) is 24.3 Å². The molecule has 0 radical (unpaired) electrons. The van der Waals surface area contributed by atoms with Crippen LogP contribution in [-0.4, -0.2) is 42.2 Å². The first kappa shape index (κ1) is 17.6. The minimum absolute atomic E-state index is 0.193. The van der Waals surface area contributed by atoms with Crippen molar-refractivity contribution in [3.05, 3.63) is 71.8 Å². The number of hydrogen-bond donors (Lipinski definition) is 1. The van der Waals surface area contributed by atoms with Gasteiger partial charge in [0.2, 0.25) is 5.60 Å². The number of carbonyl (C=O) groups is 1. The predicted octanol–water partition coefficient (Wildman–Crippen LogP) is 2.95. The van der Waals surface area contributed by atoms with E-state index in [1.807, 2.05) is 50.5 Å². The zero-order valence-corrected chi connectivity index (χ0v) is 14.8. The van der Waals surface area contributed by atoms with E-state index in [0.717, 1.165) is 19.3 Å².